The summed E-state index contributed by atoms with van der Waals surface area (Å²) in [5.41, 5.74) is 6.07. The lowest BCUT2D eigenvalue weighted by molar-refractivity contribution is -0.0217. The van der Waals surface area contributed by atoms with Crippen molar-refractivity contribution in [2.45, 2.75) is 31.1 Å². The topological polar surface area (TPSA) is 241 Å². The molecule has 5 atom stereocenters. The van der Waals surface area contributed by atoms with E-state index in [4.69, 9.17) is 31.9 Å². The molecule has 2 aliphatic heterocycles. The predicted molar refractivity (Wildman–Crippen MR) is 124 cm³/mol. The van der Waals surface area contributed by atoms with E-state index in [9.17, 15) is 29.0 Å². The number of nitrogens with two attached hydrogens (primary N) is 1. The van der Waals surface area contributed by atoms with Crippen molar-refractivity contribution in [1.29, 1.82) is 0 Å². The number of ether oxygens (including phenoxy) is 1. The summed E-state index contributed by atoms with van der Waals surface area (Å²) in [6.45, 7) is -0.664. The molecule has 0 bridgehead atoms. The summed E-state index contributed by atoms with van der Waals surface area (Å²) >= 11 is 5.93. The van der Waals surface area contributed by atoms with E-state index in [0.717, 1.165) is 5.56 Å². The summed E-state index contributed by atoms with van der Waals surface area (Å²) in [5, 5.41) is 21.6. The first-order chi connectivity index (χ1) is 16.7. The van der Waals surface area contributed by atoms with Crippen molar-refractivity contribution in [2.24, 2.45) is 0 Å². The van der Waals surface area contributed by atoms with Gasteiger partial charge in [-0.1, -0.05) is 23.7 Å². The number of halogens is 1. The molecule has 0 amide bonds. The molecule has 19 heteroatoms. The molecule has 16 nitrogen and oxygen atoms in total. The standard InChI is InChI=1S/C17H22ClN5O11P2/c18-9-3-1-8(2-4-9)5-22-7-23(14-11(22)15(26)21-17(19)20-14)16-13(25)12(24)10(33-16)6-32-36(30,31)34-35(27,28)29/h1-4,10,12-13,16,24-25H,5-7H2,(H,30,31)(H2,27,28,29)(H3,19,20,21,26)/t10-,12-,13-,16-/m1/s1. The van der Waals surface area contributed by atoms with Crippen LogP contribution in [0.25, 0.3) is 0 Å². The molecule has 2 aromatic rings. The van der Waals surface area contributed by atoms with E-state index in [2.05, 4.69) is 18.8 Å². The van der Waals surface area contributed by atoms with Gasteiger partial charge in [-0.2, -0.15) is 9.29 Å². The van der Waals surface area contributed by atoms with Crippen LogP contribution in [0.15, 0.2) is 29.1 Å². The van der Waals surface area contributed by atoms with Crippen molar-refractivity contribution in [3.05, 3.63) is 45.2 Å². The van der Waals surface area contributed by atoms with Crippen LogP contribution in [-0.4, -0.2) is 72.7 Å². The number of aliphatic hydroxyl groups excluding tert-OH is 2. The zero-order valence-electron chi connectivity index (χ0n) is 18.1. The van der Waals surface area contributed by atoms with Gasteiger partial charge >= 0.3 is 15.6 Å². The largest absolute Gasteiger partial charge is 0.481 e. The Morgan fingerprint density at radius 3 is 2.50 bits per heavy atom. The lowest BCUT2D eigenvalue weighted by atomic mass is 10.1. The highest BCUT2D eigenvalue weighted by molar-refractivity contribution is 7.60. The lowest BCUT2D eigenvalue weighted by Gasteiger charge is -2.28. The van der Waals surface area contributed by atoms with E-state index < -0.39 is 52.4 Å². The van der Waals surface area contributed by atoms with E-state index >= 15 is 0 Å². The number of hydrogen-bond donors (Lipinski definition) is 7. The smallest absolute Gasteiger partial charge is 0.387 e. The molecule has 4 rings (SSSR count). The number of nitrogen functional groups attached to an aromatic ring is 1. The van der Waals surface area contributed by atoms with E-state index in [0.29, 0.717) is 5.02 Å². The third-order valence-electron chi connectivity index (χ3n) is 5.35. The summed E-state index contributed by atoms with van der Waals surface area (Å²) in [6.07, 6.45) is -5.99. The highest BCUT2D eigenvalue weighted by Crippen LogP contribution is 2.57. The average molecular weight is 570 g/mol. The van der Waals surface area contributed by atoms with Gasteiger partial charge in [0.15, 0.2) is 12.0 Å². The molecule has 0 radical (unpaired) electrons. The molecule has 1 aromatic heterocycles. The number of fused-ring (bicyclic) bond motifs is 1. The lowest BCUT2D eigenvalue weighted by Crippen LogP contribution is -2.46. The average Bonchev–Trinajstić information content (AvgIpc) is 3.24. The van der Waals surface area contributed by atoms with Crippen LogP contribution in [0.3, 0.4) is 0 Å². The number of aliphatic hydroxyl groups is 2. The maximum absolute atomic E-state index is 12.7. The van der Waals surface area contributed by atoms with Gasteiger partial charge in [-0.15, -0.1) is 0 Å². The Kier molecular flexibility index (Phi) is 7.50. The second-order valence-electron chi connectivity index (χ2n) is 7.94. The molecular weight excluding hydrogens is 548 g/mol. The molecule has 1 fully saturated rings. The number of benzene rings is 1. The van der Waals surface area contributed by atoms with Crippen molar-refractivity contribution in [2.75, 3.05) is 28.8 Å². The second kappa shape index (κ2) is 10.0. The summed E-state index contributed by atoms with van der Waals surface area (Å²) in [5.74, 6) is -0.151. The fraction of sp³-hybridized carbons (Fsp3) is 0.412. The van der Waals surface area contributed by atoms with Gasteiger partial charge in [0.2, 0.25) is 5.95 Å². The number of rotatable bonds is 8. The molecular formula is C17H22ClN5O11P2. The molecule has 0 saturated carbocycles. The highest BCUT2D eigenvalue weighted by Gasteiger charge is 2.50. The van der Waals surface area contributed by atoms with Crippen molar-refractivity contribution in [1.82, 2.24) is 9.97 Å². The maximum Gasteiger partial charge on any atom is 0.481 e. The monoisotopic (exact) mass is 569 g/mol. The number of anilines is 3. The Morgan fingerprint density at radius 1 is 1.19 bits per heavy atom. The number of nitrogens with zero attached hydrogens (tertiary/aromatic N) is 3. The zero-order valence-corrected chi connectivity index (χ0v) is 20.7. The number of nitrogens with one attached hydrogen (secondary N) is 1. The molecule has 2 aliphatic rings. The fourth-order valence-electron chi connectivity index (χ4n) is 3.87. The Morgan fingerprint density at radius 2 is 1.86 bits per heavy atom. The van der Waals surface area contributed by atoms with Crippen molar-refractivity contribution in [3.8, 4) is 0 Å². The first-order valence-corrected chi connectivity index (χ1v) is 13.6. The van der Waals surface area contributed by atoms with E-state index in [-0.39, 0.29) is 30.7 Å². The Hall–Kier alpha value is -2.07. The second-order valence-corrected chi connectivity index (χ2v) is 11.2. The third-order valence-corrected chi connectivity index (χ3v) is 7.75. The van der Waals surface area contributed by atoms with Crippen LogP contribution in [0.2, 0.25) is 5.02 Å². The van der Waals surface area contributed by atoms with Crippen LogP contribution < -0.4 is 21.1 Å². The van der Waals surface area contributed by atoms with Gasteiger partial charge in [-0.05, 0) is 17.7 Å². The normalized spacial score (nSPS) is 25.7. The van der Waals surface area contributed by atoms with Crippen molar-refractivity contribution < 1.29 is 47.6 Å². The van der Waals surface area contributed by atoms with E-state index in [1.807, 2.05) is 0 Å². The SMILES string of the molecule is Nc1nc2c(c(=O)[nH]1)N(Cc1ccc(Cl)cc1)CN2[C@@H]1O[C@H](COP(=O)(O)OP(=O)(O)O)[C@@H](O)[C@H]1O. The van der Waals surface area contributed by atoms with Gasteiger partial charge in [-0.3, -0.25) is 14.3 Å². The Balaban J connectivity index is 1.55. The van der Waals surface area contributed by atoms with E-state index in [1.54, 1.807) is 29.2 Å². The molecule has 198 valence electrons. The maximum atomic E-state index is 12.7. The van der Waals surface area contributed by atoms with Crippen LogP contribution in [0.5, 0.6) is 0 Å². The van der Waals surface area contributed by atoms with Gasteiger partial charge in [0.05, 0.1) is 13.3 Å². The summed E-state index contributed by atoms with van der Waals surface area (Å²) in [6, 6.07) is 6.87. The molecule has 8 N–H and O–H groups in total. The molecule has 0 aliphatic carbocycles. The fourth-order valence-corrected chi connectivity index (χ4v) is 5.59. The molecule has 36 heavy (non-hydrogen) atoms. The number of phosphoric ester groups is 1. The van der Waals surface area contributed by atoms with Gasteiger partial charge < -0.3 is 45.2 Å². The molecule has 3 heterocycles. The first-order valence-electron chi connectivity index (χ1n) is 10.2. The summed E-state index contributed by atoms with van der Waals surface area (Å²) in [4.78, 5) is 49.1. The number of H-pyrrole nitrogens is 1. The quantitative estimate of drug-likeness (QED) is 0.197. The Labute approximate surface area is 207 Å². The van der Waals surface area contributed by atoms with Crippen LogP contribution in [0.4, 0.5) is 17.5 Å². The summed E-state index contributed by atoms with van der Waals surface area (Å²) < 4.78 is 36.4. The van der Waals surface area contributed by atoms with Crippen LogP contribution in [0.1, 0.15) is 5.56 Å². The van der Waals surface area contributed by atoms with Crippen molar-refractivity contribution >= 4 is 44.7 Å². The predicted octanol–water partition coefficient (Wildman–Crippen LogP) is -0.537. The first kappa shape index (κ1) is 27.0. The minimum absolute atomic E-state index is 0.0284. The third kappa shape index (κ3) is 5.90. The Bertz CT molecular complexity index is 1270. The summed E-state index contributed by atoms with van der Waals surface area (Å²) in [7, 11) is -10.6. The molecule has 1 saturated heterocycles. The highest BCUT2D eigenvalue weighted by atomic mass is 35.5. The van der Waals surface area contributed by atoms with Gasteiger partial charge in [0.1, 0.15) is 24.0 Å². The minimum atomic E-state index is -5.35. The van der Waals surface area contributed by atoms with Gasteiger partial charge in [-0.25, -0.2) is 9.13 Å². The zero-order chi connectivity index (χ0) is 26.4. The van der Waals surface area contributed by atoms with Gasteiger partial charge in [0, 0.05) is 11.6 Å². The van der Waals surface area contributed by atoms with Crippen LogP contribution in [-0.2, 0) is 29.2 Å². The number of phosphoric acid groups is 2. The van der Waals surface area contributed by atoms with Crippen molar-refractivity contribution in [3.63, 3.8) is 0 Å². The van der Waals surface area contributed by atoms with E-state index in [1.165, 1.54) is 4.90 Å². The number of aromatic nitrogens is 2. The number of aromatic amines is 1. The van der Waals surface area contributed by atoms with Crippen LogP contribution in [0, 0.1) is 0 Å². The molecule has 1 unspecified atom stereocenters. The molecule has 1 aromatic carbocycles. The van der Waals surface area contributed by atoms with Gasteiger partial charge in [0.25, 0.3) is 5.56 Å². The molecule has 0 spiro atoms. The number of hydrogen-bond acceptors (Lipinski definition) is 12. The minimum Gasteiger partial charge on any atom is -0.387 e. The van der Waals surface area contributed by atoms with Crippen LogP contribution >= 0.6 is 27.2 Å².